The Morgan fingerprint density at radius 2 is 1.95 bits per heavy atom. The molecule has 1 saturated heterocycles. The van der Waals surface area contributed by atoms with Crippen LogP contribution in [0.2, 0.25) is 0 Å². The van der Waals surface area contributed by atoms with Crippen LogP contribution in [0.25, 0.3) is 0 Å². The van der Waals surface area contributed by atoms with Gasteiger partial charge in [-0.3, -0.25) is 14.9 Å². The highest BCUT2D eigenvalue weighted by atomic mass is 35.5. The Kier molecular flexibility index (Phi) is 9.38. The van der Waals surface area contributed by atoms with Crippen LogP contribution in [0.3, 0.4) is 0 Å². The lowest BCUT2D eigenvalue weighted by Gasteiger charge is -2.20. The Balaban J connectivity index is 0.00000441. The quantitative estimate of drug-likeness (QED) is 0.280. The third-order valence-corrected chi connectivity index (χ3v) is 4.64. The molecular weight excluding hydrogens is 330 g/mol. The summed E-state index contributed by atoms with van der Waals surface area (Å²) >= 11 is 0. The van der Waals surface area contributed by atoms with Crippen molar-refractivity contribution in [2.75, 3.05) is 25.4 Å². The number of nitrogens with one attached hydrogen (secondary N) is 3. The summed E-state index contributed by atoms with van der Waals surface area (Å²) in [6, 6.07) is -0.522. The van der Waals surface area contributed by atoms with Crippen LogP contribution in [0.1, 0.15) is 32.6 Å². The van der Waals surface area contributed by atoms with E-state index in [0.29, 0.717) is 19.4 Å². The van der Waals surface area contributed by atoms with Gasteiger partial charge in [0.15, 0.2) is 0 Å². The van der Waals surface area contributed by atoms with E-state index in [4.69, 9.17) is 11.1 Å². The third kappa shape index (κ3) is 7.28. The van der Waals surface area contributed by atoms with Crippen molar-refractivity contribution in [2.24, 2.45) is 5.73 Å². The van der Waals surface area contributed by atoms with Crippen molar-refractivity contribution in [1.82, 2.24) is 14.9 Å². The summed E-state index contributed by atoms with van der Waals surface area (Å²) < 4.78 is 24.5. The fraction of sp³-hybridized carbons (Fsp3) is 0.833. The number of rotatable bonds is 7. The summed E-state index contributed by atoms with van der Waals surface area (Å²) in [5.41, 5.74) is 5.85. The Labute approximate surface area is 138 Å². The van der Waals surface area contributed by atoms with E-state index in [1.807, 2.05) is 0 Å². The molecule has 0 unspecified atom stereocenters. The molecule has 10 heteroatoms. The number of guanidine groups is 1. The minimum Gasteiger partial charge on any atom is -0.356 e. The molecule has 22 heavy (non-hydrogen) atoms. The monoisotopic (exact) mass is 355 g/mol. The van der Waals surface area contributed by atoms with Crippen LogP contribution in [0.5, 0.6) is 0 Å². The van der Waals surface area contributed by atoms with Gasteiger partial charge in [0.1, 0.15) is 0 Å². The first-order chi connectivity index (χ1) is 9.85. The van der Waals surface area contributed by atoms with Gasteiger partial charge in [-0.15, -0.1) is 12.4 Å². The molecule has 0 bridgehead atoms. The Bertz CT molecular complexity index is 465. The summed E-state index contributed by atoms with van der Waals surface area (Å²) in [6.07, 6.45) is 3.18. The second-order valence-corrected chi connectivity index (χ2v) is 7.10. The predicted molar refractivity (Wildman–Crippen MR) is 88.6 cm³/mol. The van der Waals surface area contributed by atoms with Gasteiger partial charge in [-0.25, -0.2) is 8.42 Å². The van der Waals surface area contributed by atoms with Gasteiger partial charge >= 0.3 is 0 Å². The zero-order valence-corrected chi connectivity index (χ0v) is 14.4. The zero-order valence-electron chi connectivity index (χ0n) is 12.8. The summed E-state index contributed by atoms with van der Waals surface area (Å²) in [7, 11) is -3.42. The van der Waals surface area contributed by atoms with Crippen molar-refractivity contribution in [3.63, 3.8) is 0 Å². The Hall–Kier alpha value is -1.06. The van der Waals surface area contributed by atoms with Gasteiger partial charge in [-0.05, 0) is 32.6 Å². The van der Waals surface area contributed by atoms with Crippen molar-refractivity contribution in [3.05, 3.63) is 0 Å². The topological polar surface area (TPSA) is 128 Å². The number of carbonyl (C=O) groups excluding carboxylic acids is 1. The number of hydrogen-bond acceptors (Lipinski definition) is 5. The normalized spacial score (nSPS) is 15.8. The molecule has 1 aliphatic heterocycles. The Morgan fingerprint density at radius 1 is 1.36 bits per heavy atom. The molecule has 0 radical (unpaired) electrons. The maximum absolute atomic E-state index is 11.9. The van der Waals surface area contributed by atoms with E-state index in [2.05, 4.69) is 10.0 Å². The van der Waals surface area contributed by atoms with E-state index in [1.165, 1.54) is 6.92 Å². The lowest BCUT2D eigenvalue weighted by atomic mass is 10.1. The van der Waals surface area contributed by atoms with Gasteiger partial charge in [-0.2, -0.15) is 0 Å². The van der Waals surface area contributed by atoms with Crippen LogP contribution in [0, 0.1) is 5.41 Å². The highest BCUT2D eigenvalue weighted by Gasteiger charge is 2.23. The molecule has 0 aromatic rings. The van der Waals surface area contributed by atoms with Crippen LogP contribution in [0.15, 0.2) is 0 Å². The molecule has 1 aliphatic rings. The molecule has 0 spiro atoms. The molecule has 1 heterocycles. The molecule has 8 nitrogen and oxygen atoms in total. The lowest BCUT2D eigenvalue weighted by molar-refractivity contribution is -0.131. The van der Waals surface area contributed by atoms with Crippen LogP contribution < -0.4 is 15.8 Å². The minimum atomic E-state index is -3.42. The van der Waals surface area contributed by atoms with Crippen LogP contribution >= 0.6 is 12.4 Å². The average Bonchev–Trinajstić information content (AvgIpc) is 2.96. The van der Waals surface area contributed by atoms with E-state index < -0.39 is 16.1 Å². The maximum atomic E-state index is 11.9. The second kappa shape index (κ2) is 9.86. The van der Waals surface area contributed by atoms with Gasteiger partial charge in [-0.1, -0.05) is 0 Å². The first-order valence-electron chi connectivity index (χ1n) is 7.23. The summed E-state index contributed by atoms with van der Waals surface area (Å²) in [6.45, 7) is 3.47. The number of nitrogens with zero attached hydrogens (tertiary/aromatic N) is 1. The SMILES string of the molecule is CCS(=O)(=O)NC(=N)NCCC[C@H](N)C(=O)N1CCCC1.Cl. The number of carbonyl (C=O) groups is 1. The minimum absolute atomic E-state index is 0. The number of hydrogen-bond donors (Lipinski definition) is 4. The van der Waals surface area contributed by atoms with E-state index in [1.54, 1.807) is 4.90 Å². The van der Waals surface area contributed by atoms with Crippen LogP contribution in [0.4, 0.5) is 0 Å². The largest absolute Gasteiger partial charge is 0.356 e. The molecular formula is C12H26ClN5O3S. The molecule has 0 aliphatic carbocycles. The average molecular weight is 356 g/mol. The van der Waals surface area contributed by atoms with Gasteiger partial charge in [0.2, 0.25) is 21.9 Å². The highest BCUT2D eigenvalue weighted by Crippen LogP contribution is 2.10. The van der Waals surface area contributed by atoms with Gasteiger partial charge in [0.25, 0.3) is 0 Å². The fourth-order valence-corrected chi connectivity index (χ4v) is 2.62. The van der Waals surface area contributed by atoms with E-state index >= 15 is 0 Å². The highest BCUT2D eigenvalue weighted by molar-refractivity contribution is 7.90. The fourth-order valence-electron chi connectivity index (χ4n) is 2.09. The second-order valence-electron chi connectivity index (χ2n) is 5.09. The molecule has 1 rings (SSSR count). The standard InChI is InChI=1S/C12H25N5O3S.ClH/c1-2-21(19,20)16-12(14)15-7-5-6-10(13)11(18)17-8-3-4-9-17;/h10H,2-9,13H2,1H3,(H3,14,15,16);1H/t10-;/m0./s1. The number of nitrogens with two attached hydrogens (primary N) is 1. The van der Waals surface area contributed by atoms with Crippen molar-refractivity contribution < 1.29 is 13.2 Å². The summed E-state index contributed by atoms with van der Waals surface area (Å²) in [5, 5.41) is 10.1. The van der Waals surface area contributed by atoms with Crippen molar-refractivity contribution in [1.29, 1.82) is 5.41 Å². The number of amides is 1. The number of sulfonamides is 1. The molecule has 1 fully saturated rings. The van der Waals surface area contributed by atoms with E-state index in [0.717, 1.165) is 25.9 Å². The zero-order chi connectivity index (χ0) is 15.9. The molecule has 0 aromatic carbocycles. The molecule has 1 amide bonds. The summed E-state index contributed by atoms with van der Waals surface area (Å²) in [4.78, 5) is 13.7. The molecule has 0 aromatic heterocycles. The van der Waals surface area contributed by atoms with E-state index in [-0.39, 0.29) is 30.0 Å². The molecule has 5 N–H and O–H groups in total. The first kappa shape index (κ1) is 20.9. The molecule has 0 saturated carbocycles. The van der Waals surface area contributed by atoms with Crippen LogP contribution in [-0.2, 0) is 14.8 Å². The predicted octanol–water partition coefficient (Wildman–Crippen LogP) is -0.398. The van der Waals surface area contributed by atoms with Crippen molar-refractivity contribution >= 4 is 34.3 Å². The smallest absolute Gasteiger partial charge is 0.239 e. The number of halogens is 1. The maximum Gasteiger partial charge on any atom is 0.239 e. The van der Waals surface area contributed by atoms with E-state index in [9.17, 15) is 13.2 Å². The van der Waals surface area contributed by atoms with Gasteiger partial charge < -0.3 is 16.0 Å². The van der Waals surface area contributed by atoms with Gasteiger partial charge in [0, 0.05) is 19.6 Å². The first-order valence-corrected chi connectivity index (χ1v) is 8.88. The number of likely N-dealkylation sites (tertiary alicyclic amines) is 1. The third-order valence-electron chi connectivity index (χ3n) is 3.37. The van der Waals surface area contributed by atoms with Gasteiger partial charge in [0.05, 0.1) is 11.8 Å². The Morgan fingerprint density at radius 3 is 2.50 bits per heavy atom. The molecule has 130 valence electrons. The lowest BCUT2D eigenvalue weighted by Crippen LogP contribution is -2.43. The van der Waals surface area contributed by atoms with Crippen LogP contribution in [-0.4, -0.2) is 56.6 Å². The van der Waals surface area contributed by atoms with Crippen molar-refractivity contribution in [3.8, 4) is 0 Å². The molecule has 1 atom stereocenters. The summed E-state index contributed by atoms with van der Waals surface area (Å²) in [5.74, 6) is -0.350. The van der Waals surface area contributed by atoms with Crippen molar-refractivity contribution in [2.45, 2.75) is 38.6 Å².